The summed E-state index contributed by atoms with van der Waals surface area (Å²) >= 11 is 5.86. The lowest BCUT2D eigenvalue weighted by Gasteiger charge is -2.06. The Morgan fingerprint density at radius 1 is 1.16 bits per heavy atom. The van der Waals surface area contributed by atoms with Crippen LogP contribution in [0.2, 0.25) is 5.02 Å². The first-order chi connectivity index (χ1) is 9.16. The molecule has 0 spiro atoms. The first-order valence-electron chi connectivity index (χ1n) is 5.83. The van der Waals surface area contributed by atoms with Crippen LogP contribution in [-0.2, 0) is 0 Å². The lowest BCUT2D eigenvalue weighted by atomic mass is 10.1. The van der Waals surface area contributed by atoms with Crippen molar-refractivity contribution in [3.05, 3.63) is 64.9 Å². The number of Topliss-reactive ketones (excluding diaryl/α,β-unsaturated/α-hetero) is 1. The Kier molecular flexibility index (Phi) is 4.53. The molecule has 0 aliphatic carbocycles. The van der Waals surface area contributed by atoms with Crippen molar-refractivity contribution in [2.24, 2.45) is 0 Å². The zero-order chi connectivity index (χ0) is 13.7. The largest absolute Gasteiger partial charge is 0.493 e. The van der Waals surface area contributed by atoms with Gasteiger partial charge in [0.25, 0.3) is 0 Å². The van der Waals surface area contributed by atoms with Gasteiger partial charge < -0.3 is 4.74 Å². The Labute approximate surface area is 115 Å². The molecule has 2 aromatic rings. The highest BCUT2D eigenvalue weighted by molar-refractivity contribution is 6.33. The van der Waals surface area contributed by atoms with Crippen LogP contribution >= 0.6 is 11.6 Å². The van der Waals surface area contributed by atoms with Crippen molar-refractivity contribution >= 4 is 17.4 Å². The molecule has 0 aliphatic rings. The summed E-state index contributed by atoms with van der Waals surface area (Å²) in [6.07, 6.45) is 0.151. The van der Waals surface area contributed by atoms with Gasteiger partial charge in [-0.25, -0.2) is 4.39 Å². The first-order valence-corrected chi connectivity index (χ1v) is 6.21. The lowest BCUT2D eigenvalue weighted by Crippen LogP contribution is -2.07. The van der Waals surface area contributed by atoms with Crippen molar-refractivity contribution in [3.8, 4) is 5.75 Å². The molecular formula is C15H12ClFO2. The summed E-state index contributed by atoms with van der Waals surface area (Å²) in [5, 5.41) is 0.256. The van der Waals surface area contributed by atoms with E-state index in [1.165, 1.54) is 12.1 Å². The monoisotopic (exact) mass is 278 g/mol. The molecule has 4 heteroatoms. The maximum atomic E-state index is 13.1. The zero-order valence-electron chi connectivity index (χ0n) is 10.1. The molecule has 0 amide bonds. The number of hydrogen-bond donors (Lipinski definition) is 0. The lowest BCUT2D eigenvalue weighted by molar-refractivity contribution is 0.0962. The molecule has 0 fully saturated rings. The standard InChI is InChI=1S/C15H12ClFO2/c16-14-7-6-11(17)10-13(14)15(18)8-9-19-12-4-2-1-3-5-12/h1-7,10H,8-9H2. The molecule has 98 valence electrons. The molecule has 0 saturated carbocycles. The van der Waals surface area contributed by atoms with Crippen LogP contribution < -0.4 is 4.74 Å². The number of halogens is 2. The molecule has 0 heterocycles. The quantitative estimate of drug-likeness (QED) is 0.769. The number of benzene rings is 2. The van der Waals surface area contributed by atoms with Crippen LogP contribution in [0.1, 0.15) is 16.8 Å². The van der Waals surface area contributed by atoms with Gasteiger partial charge in [-0.15, -0.1) is 0 Å². The Hall–Kier alpha value is -1.87. The predicted octanol–water partition coefficient (Wildman–Crippen LogP) is 4.13. The number of hydrogen-bond acceptors (Lipinski definition) is 2. The Balaban J connectivity index is 1.93. The fourth-order valence-corrected chi connectivity index (χ4v) is 1.85. The van der Waals surface area contributed by atoms with Gasteiger partial charge in [-0.05, 0) is 30.3 Å². The maximum Gasteiger partial charge on any atom is 0.167 e. The van der Waals surface area contributed by atoms with E-state index in [1.54, 1.807) is 12.1 Å². The topological polar surface area (TPSA) is 26.3 Å². The Bertz CT molecular complexity index is 570. The number of carbonyl (C=O) groups is 1. The first kappa shape index (κ1) is 13.6. The van der Waals surface area contributed by atoms with Gasteiger partial charge in [0.1, 0.15) is 11.6 Å². The van der Waals surface area contributed by atoms with Crippen LogP contribution in [0.15, 0.2) is 48.5 Å². The summed E-state index contributed by atoms with van der Waals surface area (Å²) in [6.45, 7) is 0.232. The molecule has 0 radical (unpaired) electrons. The van der Waals surface area contributed by atoms with Crippen molar-refractivity contribution in [2.75, 3.05) is 6.61 Å². The molecule has 2 aromatic carbocycles. The molecule has 19 heavy (non-hydrogen) atoms. The number of carbonyl (C=O) groups excluding carboxylic acids is 1. The second-order valence-corrected chi connectivity index (χ2v) is 4.37. The van der Waals surface area contributed by atoms with Gasteiger partial charge in [-0.1, -0.05) is 29.8 Å². The molecule has 0 N–H and O–H groups in total. The van der Waals surface area contributed by atoms with E-state index in [4.69, 9.17) is 16.3 Å². The van der Waals surface area contributed by atoms with E-state index in [9.17, 15) is 9.18 Å². The summed E-state index contributed by atoms with van der Waals surface area (Å²) in [4.78, 5) is 11.9. The highest BCUT2D eigenvalue weighted by Crippen LogP contribution is 2.19. The van der Waals surface area contributed by atoms with Crippen LogP contribution in [-0.4, -0.2) is 12.4 Å². The van der Waals surface area contributed by atoms with Gasteiger partial charge in [-0.3, -0.25) is 4.79 Å². The van der Waals surface area contributed by atoms with Gasteiger partial charge in [-0.2, -0.15) is 0 Å². The van der Waals surface area contributed by atoms with Crippen LogP contribution in [0.3, 0.4) is 0 Å². The molecule has 0 atom stereocenters. The number of rotatable bonds is 5. The van der Waals surface area contributed by atoms with E-state index in [1.807, 2.05) is 18.2 Å². The zero-order valence-corrected chi connectivity index (χ0v) is 10.9. The van der Waals surface area contributed by atoms with E-state index in [0.717, 1.165) is 6.07 Å². The third-order valence-corrected chi connectivity index (χ3v) is 2.90. The summed E-state index contributed by atoms with van der Waals surface area (Å²) in [5.74, 6) is -0.0159. The van der Waals surface area contributed by atoms with Crippen molar-refractivity contribution in [1.29, 1.82) is 0 Å². The van der Waals surface area contributed by atoms with Crippen LogP contribution in [0.4, 0.5) is 4.39 Å². The Morgan fingerprint density at radius 3 is 2.63 bits per heavy atom. The molecule has 0 unspecified atom stereocenters. The molecule has 2 rings (SSSR count). The second kappa shape index (κ2) is 6.34. The number of ketones is 1. The number of ether oxygens (including phenoxy) is 1. The average Bonchev–Trinajstić information content (AvgIpc) is 2.42. The molecule has 0 saturated heterocycles. The molecule has 0 aromatic heterocycles. The summed E-state index contributed by atoms with van der Waals surface area (Å²) in [6, 6.07) is 12.9. The van der Waals surface area contributed by atoms with Crippen LogP contribution in [0.25, 0.3) is 0 Å². The molecular weight excluding hydrogens is 267 g/mol. The predicted molar refractivity (Wildman–Crippen MR) is 72.3 cm³/mol. The van der Waals surface area contributed by atoms with Gasteiger partial charge in [0.15, 0.2) is 5.78 Å². The van der Waals surface area contributed by atoms with Gasteiger partial charge in [0.2, 0.25) is 0 Å². The summed E-state index contributed by atoms with van der Waals surface area (Å²) in [7, 11) is 0. The molecule has 2 nitrogen and oxygen atoms in total. The normalized spacial score (nSPS) is 10.2. The second-order valence-electron chi connectivity index (χ2n) is 3.96. The summed E-state index contributed by atoms with van der Waals surface area (Å²) < 4.78 is 18.5. The van der Waals surface area contributed by atoms with Crippen molar-refractivity contribution in [1.82, 2.24) is 0 Å². The van der Waals surface area contributed by atoms with Crippen molar-refractivity contribution in [2.45, 2.75) is 6.42 Å². The third-order valence-electron chi connectivity index (χ3n) is 2.57. The van der Waals surface area contributed by atoms with Crippen molar-refractivity contribution in [3.63, 3.8) is 0 Å². The SMILES string of the molecule is O=C(CCOc1ccccc1)c1cc(F)ccc1Cl. The van der Waals surface area contributed by atoms with E-state index in [2.05, 4.69) is 0 Å². The Morgan fingerprint density at radius 2 is 1.89 bits per heavy atom. The molecule has 0 aliphatic heterocycles. The highest BCUT2D eigenvalue weighted by Gasteiger charge is 2.11. The van der Waals surface area contributed by atoms with E-state index < -0.39 is 5.82 Å². The van der Waals surface area contributed by atoms with Gasteiger partial charge >= 0.3 is 0 Å². The minimum atomic E-state index is -0.475. The third kappa shape index (κ3) is 3.80. The average molecular weight is 279 g/mol. The number of para-hydroxylation sites is 1. The van der Waals surface area contributed by atoms with E-state index in [0.29, 0.717) is 5.75 Å². The smallest absolute Gasteiger partial charge is 0.167 e. The maximum absolute atomic E-state index is 13.1. The summed E-state index contributed by atoms with van der Waals surface area (Å²) in [5.41, 5.74) is 0.193. The fraction of sp³-hybridized carbons (Fsp3) is 0.133. The molecule has 0 bridgehead atoms. The minimum absolute atomic E-state index is 0.151. The minimum Gasteiger partial charge on any atom is -0.493 e. The fourth-order valence-electron chi connectivity index (χ4n) is 1.62. The van der Waals surface area contributed by atoms with Crippen LogP contribution in [0.5, 0.6) is 5.75 Å². The van der Waals surface area contributed by atoms with Gasteiger partial charge in [0, 0.05) is 12.0 Å². The highest BCUT2D eigenvalue weighted by atomic mass is 35.5. The van der Waals surface area contributed by atoms with E-state index >= 15 is 0 Å². The van der Waals surface area contributed by atoms with Crippen molar-refractivity contribution < 1.29 is 13.9 Å². The van der Waals surface area contributed by atoms with Crippen LogP contribution in [0, 0.1) is 5.82 Å². The van der Waals surface area contributed by atoms with Gasteiger partial charge in [0.05, 0.1) is 11.6 Å². The van der Waals surface area contributed by atoms with E-state index in [-0.39, 0.29) is 29.4 Å².